The fraction of sp³-hybridized carbons (Fsp3) is 0.417. The van der Waals surface area contributed by atoms with Crippen LogP contribution in [0, 0.1) is 17.2 Å². The highest BCUT2D eigenvalue weighted by molar-refractivity contribution is 9.10. The summed E-state index contributed by atoms with van der Waals surface area (Å²) in [5.41, 5.74) is 1.22. The van der Waals surface area contributed by atoms with Crippen LogP contribution >= 0.6 is 15.9 Å². The molecular formula is C12H15BrN2. The normalized spacial score (nSPS) is 14.3. The van der Waals surface area contributed by atoms with Gasteiger partial charge >= 0.3 is 0 Å². The molecule has 0 saturated heterocycles. The Bertz CT molecular complexity index is 357. The number of hydrogen-bond donors (Lipinski definition) is 1. The molecule has 3 heteroatoms. The van der Waals surface area contributed by atoms with Crippen molar-refractivity contribution in [3.05, 3.63) is 34.3 Å². The summed E-state index contributed by atoms with van der Waals surface area (Å²) < 4.78 is 1.11. The first kappa shape index (κ1) is 12.2. The second kappa shape index (κ2) is 5.89. The molecule has 0 bridgehead atoms. The van der Waals surface area contributed by atoms with Gasteiger partial charge in [-0.3, -0.25) is 0 Å². The molecule has 0 aromatic heterocycles. The minimum absolute atomic E-state index is 0.0509. The summed E-state index contributed by atoms with van der Waals surface area (Å²) in [6.07, 6.45) is 0. The van der Waals surface area contributed by atoms with E-state index in [0.29, 0.717) is 0 Å². The summed E-state index contributed by atoms with van der Waals surface area (Å²) in [5.74, 6) is 0.0509. The molecule has 1 aromatic carbocycles. The van der Waals surface area contributed by atoms with Gasteiger partial charge in [0.1, 0.15) is 0 Å². The summed E-state index contributed by atoms with van der Waals surface area (Å²) >= 11 is 3.52. The molecule has 0 amide bonds. The summed E-state index contributed by atoms with van der Waals surface area (Å²) in [6, 6.07) is 10.6. The lowest BCUT2D eigenvalue weighted by molar-refractivity contribution is 0.526. The van der Waals surface area contributed by atoms with E-state index in [9.17, 15) is 0 Å². The maximum atomic E-state index is 8.67. The van der Waals surface area contributed by atoms with Crippen LogP contribution in [0.25, 0.3) is 0 Å². The Morgan fingerprint density at radius 3 is 2.67 bits per heavy atom. The van der Waals surface area contributed by atoms with Gasteiger partial charge in [-0.05, 0) is 25.5 Å². The van der Waals surface area contributed by atoms with Crippen molar-refractivity contribution in [1.29, 1.82) is 5.26 Å². The van der Waals surface area contributed by atoms with Gasteiger partial charge < -0.3 is 5.32 Å². The van der Waals surface area contributed by atoms with E-state index in [1.165, 1.54) is 5.56 Å². The lowest BCUT2D eigenvalue weighted by Gasteiger charge is -2.16. The number of benzene rings is 1. The van der Waals surface area contributed by atoms with Gasteiger partial charge in [0.2, 0.25) is 0 Å². The number of halogens is 1. The van der Waals surface area contributed by atoms with Crippen molar-refractivity contribution < 1.29 is 0 Å². The molecule has 0 radical (unpaired) electrons. The van der Waals surface area contributed by atoms with E-state index in [2.05, 4.69) is 40.3 Å². The second-order valence-electron chi connectivity index (χ2n) is 3.68. The van der Waals surface area contributed by atoms with Gasteiger partial charge in [-0.2, -0.15) is 5.26 Å². The van der Waals surface area contributed by atoms with Gasteiger partial charge in [-0.1, -0.05) is 34.1 Å². The molecule has 0 heterocycles. The predicted octanol–water partition coefficient (Wildman–Crippen LogP) is 3.26. The Kier molecular flexibility index (Phi) is 4.80. The molecule has 1 N–H and O–H groups in total. The van der Waals surface area contributed by atoms with Gasteiger partial charge in [0, 0.05) is 17.1 Å². The Morgan fingerprint density at radius 2 is 2.07 bits per heavy atom. The Hall–Kier alpha value is -0.850. The van der Waals surface area contributed by atoms with Crippen molar-refractivity contribution in [2.24, 2.45) is 5.92 Å². The van der Waals surface area contributed by atoms with Crippen molar-refractivity contribution in [1.82, 2.24) is 5.32 Å². The van der Waals surface area contributed by atoms with Gasteiger partial charge in [0.05, 0.1) is 12.0 Å². The molecule has 0 aliphatic carbocycles. The third kappa shape index (κ3) is 3.65. The topological polar surface area (TPSA) is 35.8 Å². The van der Waals surface area contributed by atoms with Crippen LogP contribution in [-0.4, -0.2) is 6.54 Å². The molecule has 0 spiro atoms. The first-order valence-electron chi connectivity index (χ1n) is 5.02. The van der Waals surface area contributed by atoms with E-state index in [-0.39, 0.29) is 12.0 Å². The zero-order valence-electron chi connectivity index (χ0n) is 9.00. The van der Waals surface area contributed by atoms with E-state index in [1.54, 1.807) is 0 Å². The fourth-order valence-electron chi connectivity index (χ4n) is 1.34. The molecule has 2 atom stereocenters. The molecule has 80 valence electrons. The minimum Gasteiger partial charge on any atom is -0.309 e. The molecular weight excluding hydrogens is 252 g/mol. The van der Waals surface area contributed by atoms with Crippen LogP contribution in [-0.2, 0) is 0 Å². The minimum atomic E-state index is 0.0509. The second-order valence-corrected chi connectivity index (χ2v) is 4.54. The SMILES string of the molecule is CC(C#N)CN[C@@H](C)c1ccccc1Br. The third-order valence-corrected chi connectivity index (χ3v) is 3.04. The van der Waals surface area contributed by atoms with Crippen LogP contribution in [0.15, 0.2) is 28.7 Å². The van der Waals surface area contributed by atoms with E-state index in [4.69, 9.17) is 5.26 Å². The highest BCUT2D eigenvalue weighted by Gasteiger charge is 2.09. The molecule has 15 heavy (non-hydrogen) atoms. The third-order valence-electron chi connectivity index (χ3n) is 2.32. The number of nitrogens with one attached hydrogen (secondary N) is 1. The molecule has 1 aromatic rings. The van der Waals surface area contributed by atoms with E-state index >= 15 is 0 Å². The van der Waals surface area contributed by atoms with Crippen LogP contribution in [0.5, 0.6) is 0 Å². The molecule has 1 rings (SSSR count). The van der Waals surface area contributed by atoms with Crippen LogP contribution in [0.1, 0.15) is 25.5 Å². The average molecular weight is 267 g/mol. The van der Waals surface area contributed by atoms with Crippen molar-refractivity contribution in [3.63, 3.8) is 0 Å². The highest BCUT2D eigenvalue weighted by Crippen LogP contribution is 2.22. The number of hydrogen-bond acceptors (Lipinski definition) is 2. The summed E-state index contributed by atoms with van der Waals surface area (Å²) in [4.78, 5) is 0. The quantitative estimate of drug-likeness (QED) is 0.908. The lowest BCUT2D eigenvalue weighted by Crippen LogP contribution is -2.24. The molecule has 0 saturated carbocycles. The smallest absolute Gasteiger partial charge is 0.0666 e. The predicted molar refractivity (Wildman–Crippen MR) is 65.3 cm³/mol. The van der Waals surface area contributed by atoms with Crippen LogP contribution in [0.2, 0.25) is 0 Å². The number of nitrogens with zero attached hydrogens (tertiary/aromatic N) is 1. The molecule has 0 aliphatic heterocycles. The molecule has 0 aliphatic rings. The monoisotopic (exact) mass is 266 g/mol. The number of rotatable bonds is 4. The van der Waals surface area contributed by atoms with Crippen LogP contribution in [0.3, 0.4) is 0 Å². The zero-order chi connectivity index (χ0) is 11.3. The Morgan fingerprint density at radius 1 is 1.40 bits per heavy atom. The zero-order valence-corrected chi connectivity index (χ0v) is 10.6. The van der Waals surface area contributed by atoms with Crippen molar-refractivity contribution >= 4 is 15.9 Å². The van der Waals surface area contributed by atoms with Gasteiger partial charge in [-0.25, -0.2) is 0 Å². The van der Waals surface area contributed by atoms with Crippen molar-refractivity contribution in [3.8, 4) is 6.07 Å². The molecule has 2 nitrogen and oxygen atoms in total. The van der Waals surface area contributed by atoms with Crippen LogP contribution in [0.4, 0.5) is 0 Å². The standard InChI is InChI=1S/C12H15BrN2/c1-9(7-14)8-15-10(2)11-5-3-4-6-12(11)13/h3-6,9-10,15H,8H2,1-2H3/t9?,10-/m0/s1. The van der Waals surface area contributed by atoms with Gasteiger partial charge in [0.15, 0.2) is 0 Å². The first-order chi connectivity index (χ1) is 7.15. The molecule has 0 fully saturated rings. The summed E-state index contributed by atoms with van der Waals surface area (Å²) in [7, 11) is 0. The van der Waals surface area contributed by atoms with Crippen molar-refractivity contribution in [2.75, 3.05) is 6.54 Å². The average Bonchev–Trinajstić information content (AvgIpc) is 2.26. The summed E-state index contributed by atoms with van der Waals surface area (Å²) in [5, 5.41) is 12.0. The van der Waals surface area contributed by atoms with E-state index in [0.717, 1.165) is 11.0 Å². The lowest BCUT2D eigenvalue weighted by atomic mass is 10.1. The first-order valence-corrected chi connectivity index (χ1v) is 5.82. The summed E-state index contributed by atoms with van der Waals surface area (Å²) in [6.45, 7) is 4.74. The fourth-order valence-corrected chi connectivity index (χ4v) is 1.96. The largest absolute Gasteiger partial charge is 0.309 e. The maximum absolute atomic E-state index is 8.67. The van der Waals surface area contributed by atoms with Crippen LogP contribution < -0.4 is 5.32 Å². The Balaban J connectivity index is 2.58. The van der Waals surface area contributed by atoms with Gasteiger partial charge in [-0.15, -0.1) is 0 Å². The van der Waals surface area contributed by atoms with Crippen molar-refractivity contribution in [2.45, 2.75) is 19.9 Å². The van der Waals surface area contributed by atoms with Gasteiger partial charge in [0.25, 0.3) is 0 Å². The maximum Gasteiger partial charge on any atom is 0.0666 e. The van der Waals surface area contributed by atoms with E-state index < -0.39 is 0 Å². The highest BCUT2D eigenvalue weighted by atomic mass is 79.9. The van der Waals surface area contributed by atoms with E-state index in [1.807, 2.05) is 25.1 Å². The Labute approximate surface area is 99.4 Å². The number of nitriles is 1. The molecule has 1 unspecified atom stereocenters.